The second-order valence-corrected chi connectivity index (χ2v) is 11.2. The third-order valence-electron chi connectivity index (χ3n) is 8.29. The zero-order chi connectivity index (χ0) is 27.9. The second-order valence-electron chi connectivity index (χ2n) is 11.2. The van der Waals surface area contributed by atoms with Crippen molar-refractivity contribution < 1.29 is 31.1 Å². The van der Waals surface area contributed by atoms with Crippen molar-refractivity contribution in [2.24, 2.45) is 5.92 Å². The Morgan fingerprint density at radius 3 is 1.95 bits per heavy atom. The van der Waals surface area contributed by atoms with E-state index in [0.29, 0.717) is 18.6 Å². The summed E-state index contributed by atoms with van der Waals surface area (Å²) < 4.78 is 80.5. The lowest BCUT2D eigenvalue weighted by molar-refractivity contribution is -0.143. The summed E-state index contributed by atoms with van der Waals surface area (Å²) in [5.74, 6) is -0.0950. The molecule has 10 heteroatoms. The van der Waals surface area contributed by atoms with Crippen LogP contribution in [-0.2, 0) is 12.4 Å². The molecular weight excluding hydrogens is 520 g/mol. The molecule has 3 fully saturated rings. The molecule has 3 aliphatic rings. The molecule has 39 heavy (non-hydrogen) atoms. The summed E-state index contributed by atoms with van der Waals surface area (Å²) >= 11 is 0. The molecule has 0 spiro atoms. The van der Waals surface area contributed by atoms with Crippen molar-refractivity contribution >= 4 is 5.91 Å². The van der Waals surface area contributed by atoms with Crippen LogP contribution in [0.4, 0.5) is 26.3 Å². The van der Waals surface area contributed by atoms with E-state index in [-0.39, 0.29) is 31.1 Å². The van der Waals surface area contributed by atoms with Crippen LogP contribution in [0.3, 0.4) is 0 Å². The normalized spacial score (nSPS) is 23.7. The Labute approximate surface area is 224 Å². The van der Waals surface area contributed by atoms with Crippen LogP contribution in [0.1, 0.15) is 57.8 Å². The van der Waals surface area contributed by atoms with Crippen molar-refractivity contribution in [3.63, 3.8) is 0 Å². The van der Waals surface area contributed by atoms with Gasteiger partial charge in [-0.1, -0.05) is 29.8 Å². The number of piperazine rings is 1. The lowest BCUT2D eigenvalue weighted by Crippen LogP contribution is -2.56. The second kappa shape index (κ2) is 10.8. The first-order valence-electron chi connectivity index (χ1n) is 13.5. The van der Waals surface area contributed by atoms with Gasteiger partial charge in [0.2, 0.25) is 0 Å². The molecule has 0 radical (unpaired) electrons. The maximum atomic E-state index is 13.4. The number of halogens is 6. The summed E-state index contributed by atoms with van der Waals surface area (Å²) in [5.41, 5.74) is -1.45. The Morgan fingerprint density at radius 2 is 1.41 bits per heavy atom. The molecule has 2 saturated heterocycles. The Hall–Kier alpha value is -2.59. The Bertz CT molecular complexity index is 1130. The average molecular weight is 554 g/mol. The van der Waals surface area contributed by atoms with Gasteiger partial charge in [-0.25, -0.2) is 0 Å². The van der Waals surface area contributed by atoms with Gasteiger partial charge in [0.15, 0.2) is 0 Å². The number of amides is 1. The summed E-state index contributed by atoms with van der Waals surface area (Å²) in [6.45, 7) is 7.36. The first-order valence-corrected chi connectivity index (χ1v) is 13.5. The topological polar surface area (TPSA) is 26.8 Å². The number of hydrogen-bond acceptors (Lipinski definition) is 3. The van der Waals surface area contributed by atoms with Crippen molar-refractivity contribution in [1.29, 1.82) is 0 Å². The fourth-order valence-corrected chi connectivity index (χ4v) is 5.91. The van der Waals surface area contributed by atoms with Gasteiger partial charge in [-0.05, 0) is 55.9 Å². The molecule has 2 aromatic rings. The summed E-state index contributed by atoms with van der Waals surface area (Å²) in [5, 5.41) is 0. The molecular formula is C29H33F6N3O. The van der Waals surface area contributed by atoms with Crippen LogP contribution in [0.15, 0.2) is 42.5 Å². The number of nitrogens with zero attached hydrogens (tertiary/aromatic N) is 3. The largest absolute Gasteiger partial charge is 0.416 e. The maximum absolute atomic E-state index is 13.4. The van der Waals surface area contributed by atoms with E-state index in [9.17, 15) is 31.1 Å². The molecule has 0 aromatic heterocycles. The minimum atomic E-state index is -5.00. The molecule has 4 nitrogen and oxygen atoms in total. The van der Waals surface area contributed by atoms with Gasteiger partial charge in [0.05, 0.1) is 11.1 Å². The number of alkyl halides is 6. The Morgan fingerprint density at radius 1 is 0.821 bits per heavy atom. The molecule has 0 bridgehead atoms. The van der Waals surface area contributed by atoms with Crippen molar-refractivity contribution in [2.75, 3.05) is 45.8 Å². The highest BCUT2D eigenvalue weighted by Crippen LogP contribution is 2.38. The number of carbonyl (C=O) groups excluding carboxylic acids is 1. The molecule has 2 aromatic carbocycles. The summed E-state index contributed by atoms with van der Waals surface area (Å²) in [7, 11) is 0. The lowest BCUT2D eigenvalue weighted by atomic mass is 9.84. The van der Waals surface area contributed by atoms with Gasteiger partial charge in [0.1, 0.15) is 0 Å². The fourth-order valence-electron chi connectivity index (χ4n) is 5.91. The van der Waals surface area contributed by atoms with Gasteiger partial charge in [0.25, 0.3) is 5.91 Å². The highest BCUT2D eigenvalue weighted by atomic mass is 19.4. The predicted molar refractivity (Wildman–Crippen MR) is 135 cm³/mol. The van der Waals surface area contributed by atoms with Crippen LogP contribution in [-0.4, -0.2) is 72.5 Å². The number of aryl methyl sites for hydroxylation is 1. The first kappa shape index (κ1) is 28.0. The minimum Gasteiger partial charge on any atom is -0.338 e. The van der Waals surface area contributed by atoms with E-state index in [2.05, 4.69) is 9.80 Å². The molecule has 2 aliphatic heterocycles. The molecule has 212 valence electrons. The lowest BCUT2D eigenvalue weighted by Gasteiger charge is -2.47. The molecule has 2 unspecified atom stereocenters. The van der Waals surface area contributed by atoms with E-state index in [0.717, 1.165) is 49.8 Å². The number of likely N-dealkylation sites (tertiary alicyclic amines) is 1. The van der Waals surface area contributed by atoms with Gasteiger partial charge in [0, 0.05) is 63.3 Å². The summed E-state index contributed by atoms with van der Waals surface area (Å²) in [6.07, 6.45) is -6.81. The first-order chi connectivity index (χ1) is 18.4. The van der Waals surface area contributed by atoms with E-state index < -0.39 is 35.0 Å². The van der Waals surface area contributed by atoms with Crippen molar-refractivity contribution in [3.05, 3.63) is 70.3 Å². The average Bonchev–Trinajstić information content (AvgIpc) is 3.72. The molecule has 1 aliphatic carbocycles. The van der Waals surface area contributed by atoms with Crippen molar-refractivity contribution in [3.8, 4) is 0 Å². The van der Waals surface area contributed by atoms with Crippen molar-refractivity contribution in [2.45, 2.75) is 50.5 Å². The fraction of sp³-hybridized carbons (Fsp3) is 0.552. The third-order valence-corrected chi connectivity index (χ3v) is 8.29. The quantitative estimate of drug-likeness (QED) is 0.422. The Kier molecular flexibility index (Phi) is 7.72. The molecule has 1 amide bonds. The molecule has 5 rings (SSSR count). The zero-order valence-electron chi connectivity index (χ0n) is 21.9. The smallest absolute Gasteiger partial charge is 0.338 e. The molecule has 2 heterocycles. The van der Waals surface area contributed by atoms with Crippen LogP contribution in [0, 0.1) is 12.8 Å². The number of carbonyl (C=O) groups is 1. The predicted octanol–water partition coefficient (Wildman–Crippen LogP) is 6.06. The van der Waals surface area contributed by atoms with Gasteiger partial charge in [-0.15, -0.1) is 0 Å². The van der Waals surface area contributed by atoms with Gasteiger partial charge in [-0.3, -0.25) is 9.69 Å². The minimum absolute atomic E-state index is 0.0565. The number of hydrogen-bond donors (Lipinski definition) is 0. The van der Waals surface area contributed by atoms with Gasteiger partial charge in [-0.2, -0.15) is 26.3 Å². The molecule has 2 atom stereocenters. The van der Waals surface area contributed by atoms with Crippen LogP contribution in [0.5, 0.6) is 0 Å². The summed E-state index contributed by atoms with van der Waals surface area (Å²) in [6, 6.07) is 9.25. The SMILES string of the molecule is Cc1ccc(C2CN(C(=O)c3cc(C(F)(F)F)cc(C(F)(F)F)c3)CCC2N2CCN(CC3CC3)CC2)cc1. The maximum Gasteiger partial charge on any atom is 0.416 e. The van der Waals surface area contributed by atoms with E-state index in [1.54, 1.807) is 0 Å². The van der Waals surface area contributed by atoms with Crippen LogP contribution < -0.4 is 0 Å². The van der Waals surface area contributed by atoms with Gasteiger partial charge < -0.3 is 9.80 Å². The van der Waals surface area contributed by atoms with Crippen LogP contribution in [0.2, 0.25) is 0 Å². The van der Waals surface area contributed by atoms with Crippen LogP contribution >= 0.6 is 0 Å². The third kappa shape index (κ3) is 6.60. The van der Waals surface area contributed by atoms with Crippen LogP contribution in [0.25, 0.3) is 0 Å². The highest BCUT2D eigenvalue weighted by Gasteiger charge is 2.40. The van der Waals surface area contributed by atoms with Gasteiger partial charge >= 0.3 is 12.4 Å². The Balaban J connectivity index is 1.38. The van der Waals surface area contributed by atoms with E-state index >= 15 is 0 Å². The standard InChI is InChI=1S/C29H33F6N3O/c1-19-2-6-21(7-3-19)25-18-38(9-8-26(25)37-12-10-36(11-13-37)17-20-4-5-20)27(39)22-14-23(28(30,31)32)16-24(15-22)29(33,34)35/h2-3,6-7,14-16,20,25-26H,4-5,8-13,17-18H2,1H3. The monoisotopic (exact) mass is 553 g/mol. The summed E-state index contributed by atoms with van der Waals surface area (Å²) in [4.78, 5) is 19.8. The van der Waals surface area contributed by atoms with Crippen molar-refractivity contribution in [1.82, 2.24) is 14.7 Å². The number of benzene rings is 2. The van der Waals surface area contributed by atoms with E-state index in [4.69, 9.17) is 0 Å². The molecule has 1 saturated carbocycles. The number of piperidine rings is 1. The van der Waals surface area contributed by atoms with E-state index in [1.165, 1.54) is 17.7 Å². The number of rotatable bonds is 5. The molecule has 0 N–H and O–H groups in total. The van der Waals surface area contributed by atoms with E-state index in [1.807, 2.05) is 31.2 Å². The highest BCUT2D eigenvalue weighted by molar-refractivity contribution is 5.95. The zero-order valence-corrected chi connectivity index (χ0v) is 21.9.